The van der Waals surface area contributed by atoms with Gasteiger partial charge in [0.25, 0.3) is 5.69 Å². The summed E-state index contributed by atoms with van der Waals surface area (Å²) < 4.78 is 0. The number of hydrogen-bond donors (Lipinski definition) is 2. The Labute approximate surface area is 145 Å². The molecule has 0 aliphatic carbocycles. The standard InChI is InChI=1S/C20H17NO4/c1-20(15-4-10-18(22)11-5-15,16-6-12-19(23)13-7-16)14-2-8-17(9-3-14)21(24)25/h2-13,22-23H,1H3. The normalized spacial score (nSPS) is 11.2. The molecule has 126 valence electrons. The average Bonchev–Trinajstić information content (AvgIpc) is 2.62. The van der Waals surface area contributed by atoms with Crippen LogP contribution in [-0.4, -0.2) is 15.1 Å². The maximum absolute atomic E-state index is 10.9. The van der Waals surface area contributed by atoms with Gasteiger partial charge in [0.1, 0.15) is 11.5 Å². The quantitative estimate of drug-likeness (QED) is 0.421. The molecule has 3 aromatic rings. The molecule has 0 spiro atoms. The molecular formula is C20H17NO4. The zero-order chi connectivity index (χ0) is 18.0. The Hall–Kier alpha value is -3.34. The van der Waals surface area contributed by atoms with Gasteiger partial charge in [-0.05, 0) is 47.9 Å². The molecule has 3 aromatic carbocycles. The van der Waals surface area contributed by atoms with E-state index in [1.54, 1.807) is 36.4 Å². The van der Waals surface area contributed by atoms with Crippen LogP contribution < -0.4 is 0 Å². The molecule has 0 radical (unpaired) electrons. The first-order valence-corrected chi connectivity index (χ1v) is 7.75. The monoisotopic (exact) mass is 335 g/mol. The number of non-ortho nitro benzene ring substituents is 1. The molecule has 0 unspecified atom stereocenters. The second kappa shape index (κ2) is 6.28. The van der Waals surface area contributed by atoms with E-state index in [1.165, 1.54) is 12.1 Å². The third-order valence-corrected chi connectivity index (χ3v) is 4.54. The van der Waals surface area contributed by atoms with E-state index in [0.717, 1.165) is 16.7 Å². The molecule has 0 saturated carbocycles. The van der Waals surface area contributed by atoms with E-state index in [2.05, 4.69) is 0 Å². The summed E-state index contributed by atoms with van der Waals surface area (Å²) in [6, 6.07) is 20.2. The molecule has 2 N–H and O–H groups in total. The largest absolute Gasteiger partial charge is 0.508 e. The van der Waals surface area contributed by atoms with Crippen molar-refractivity contribution < 1.29 is 15.1 Å². The smallest absolute Gasteiger partial charge is 0.269 e. The molecule has 5 nitrogen and oxygen atoms in total. The third kappa shape index (κ3) is 3.04. The fourth-order valence-corrected chi connectivity index (χ4v) is 3.01. The molecule has 0 fully saturated rings. The molecule has 0 aliphatic heterocycles. The van der Waals surface area contributed by atoms with Gasteiger partial charge in [-0.1, -0.05) is 36.4 Å². The Balaban J connectivity index is 2.19. The summed E-state index contributed by atoms with van der Waals surface area (Å²) in [7, 11) is 0. The maximum Gasteiger partial charge on any atom is 0.269 e. The number of nitrogens with zero attached hydrogens (tertiary/aromatic N) is 1. The first-order valence-electron chi connectivity index (χ1n) is 7.75. The number of aromatic hydroxyl groups is 2. The summed E-state index contributed by atoms with van der Waals surface area (Å²) in [4.78, 5) is 10.5. The van der Waals surface area contributed by atoms with Gasteiger partial charge in [-0.15, -0.1) is 0 Å². The van der Waals surface area contributed by atoms with Gasteiger partial charge in [0.2, 0.25) is 0 Å². The Morgan fingerprint density at radius 2 is 1.04 bits per heavy atom. The van der Waals surface area contributed by atoms with Crippen LogP contribution in [0, 0.1) is 10.1 Å². The van der Waals surface area contributed by atoms with Crippen molar-refractivity contribution in [1.29, 1.82) is 0 Å². The number of hydrogen-bond acceptors (Lipinski definition) is 4. The number of phenolic OH excluding ortho intramolecular Hbond substituents is 2. The van der Waals surface area contributed by atoms with Gasteiger partial charge in [-0.3, -0.25) is 10.1 Å². The topological polar surface area (TPSA) is 83.6 Å². The first-order chi connectivity index (χ1) is 11.9. The van der Waals surface area contributed by atoms with E-state index in [4.69, 9.17) is 0 Å². The van der Waals surface area contributed by atoms with E-state index in [1.807, 2.05) is 31.2 Å². The second-order valence-corrected chi connectivity index (χ2v) is 6.02. The molecule has 0 atom stereocenters. The van der Waals surface area contributed by atoms with Crippen molar-refractivity contribution in [3.05, 3.63) is 99.6 Å². The Kier molecular flexibility index (Phi) is 4.15. The van der Waals surface area contributed by atoms with Gasteiger partial charge in [0, 0.05) is 17.5 Å². The summed E-state index contributed by atoms with van der Waals surface area (Å²) in [6.45, 7) is 2.01. The zero-order valence-electron chi connectivity index (χ0n) is 13.6. The molecule has 3 rings (SSSR count). The highest BCUT2D eigenvalue weighted by Gasteiger charge is 2.31. The van der Waals surface area contributed by atoms with Crippen LogP contribution in [0.5, 0.6) is 11.5 Å². The van der Waals surface area contributed by atoms with Gasteiger partial charge >= 0.3 is 0 Å². The number of nitro groups is 1. The maximum atomic E-state index is 10.9. The van der Waals surface area contributed by atoms with Crippen molar-refractivity contribution in [3.63, 3.8) is 0 Å². The first kappa shape index (κ1) is 16.5. The number of phenols is 2. The number of benzene rings is 3. The van der Waals surface area contributed by atoms with Gasteiger partial charge < -0.3 is 10.2 Å². The lowest BCUT2D eigenvalue weighted by atomic mass is 9.71. The predicted molar refractivity (Wildman–Crippen MR) is 94.9 cm³/mol. The molecule has 0 bridgehead atoms. The third-order valence-electron chi connectivity index (χ3n) is 4.54. The van der Waals surface area contributed by atoms with E-state index < -0.39 is 10.3 Å². The average molecular weight is 335 g/mol. The van der Waals surface area contributed by atoms with Crippen LogP contribution in [0.3, 0.4) is 0 Å². The van der Waals surface area contributed by atoms with Crippen molar-refractivity contribution in [2.45, 2.75) is 12.3 Å². The Bertz CT molecular complexity index is 839. The second-order valence-electron chi connectivity index (χ2n) is 6.02. The molecule has 0 heterocycles. The SMILES string of the molecule is CC(c1ccc(O)cc1)(c1ccc(O)cc1)c1ccc([N+](=O)[O-])cc1. The summed E-state index contributed by atoms with van der Waals surface area (Å²) in [5.41, 5.74) is 2.14. The van der Waals surface area contributed by atoms with Crippen molar-refractivity contribution in [3.8, 4) is 11.5 Å². The number of nitro benzene ring substituents is 1. The summed E-state index contributed by atoms with van der Waals surface area (Å²) >= 11 is 0. The van der Waals surface area contributed by atoms with Crippen LogP contribution in [0.1, 0.15) is 23.6 Å². The van der Waals surface area contributed by atoms with E-state index in [0.29, 0.717) is 0 Å². The van der Waals surface area contributed by atoms with Crippen LogP contribution in [-0.2, 0) is 5.41 Å². The highest BCUT2D eigenvalue weighted by molar-refractivity contribution is 5.52. The lowest BCUT2D eigenvalue weighted by molar-refractivity contribution is -0.384. The van der Waals surface area contributed by atoms with Crippen LogP contribution >= 0.6 is 0 Å². The summed E-state index contributed by atoms with van der Waals surface area (Å²) in [5.74, 6) is 0.334. The van der Waals surface area contributed by atoms with E-state index in [9.17, 15) is 20.3 Å². The van der Waals surface area contributed by atoms with Crippen molar-refractivity contribution >= 4 is 5.69 Å². The molecular weight excluding hydrogens is 318 g/mol. The van der Waals surface area contributed by atoms with Crippen molar-refractivity contribution in [2.24, 2.45) is 0 Å². The molecule has 0 aliphatic rings. The fraction of sp³-hybridized carbons (Fsp3) is 0.100. The Morgan fingerprint density at radius 1 is 0.720 bits per heavy atom. The van der Waals surface area contributed by atoms with E-state index in [-0.39, 0.29) is 17.2 Å². The number of rotatable bonds is 4. The molecule has 5 heteroatoms. The lowest BCUT2D eigenvalue weighted by Gasteiger charge is -2.32. The minimum Gasteiger partial charge on any atom is -0.508 e. The molecule has 0 aromatic heterocycles. The van der Waals surface area contributed by atoms with E-state index >= 15 is 0 Å². The van der Waals surface area contributed by atoms with Crippen LogP contribution in [0.25, 0.3) is 0 Å². The summed E-state index contributed by atoms with van der Waals surface area (Å²) in [5, 5.41) is 30.1. The predicted octanol–water partition coefficient (Wildman–Crippen LogP) is 4.36. The van der Waals surface area contributed by atoms with Crippen LogP contribution in [0.4, 0.5) is 5.69 Å². The fourth-order valence-electron chi connectivity index (χ4n) is 3.01. The van der Waals surface area contributed by atoms with Crippen LogP contribution in [0.15, 0.2) is 72.8 Å². The van der Waals surface area contributed by atoms with Gasteiger partial charge in [-0.2, -0.15) is 0 Å². The lowest BCUT2D eigenvalue weighted by Crippen LogP contribution is -2.25. The zero-order valence-corrected chi connectivity index (χ0v) is 13.6. The minimum atomic E-state index is -0.601. The minimum absolute atomic E-state index is 0.0301. The van der Waals surface area contributed by atoms with Gasteiger partial charge in [-0.25, -0.2) is 0 Å². The van der Waals surface area contributed by atoms with Crippen LogP contribution in [0.2, 0.25) is 0 Å². The highest BCUT2D eigenvalue weighted by atomic mass is 16.6. The van der Waals surface area contributed by atoms with Crippen molar-refractivity contribution in [2.75, 3.05) is 0 Å². The Morgan fingerprint density at radius 3 is 1.36 bits per heavy atom. The molecule has 25 heavy (non-hydrogen) atoms. The summed E-state index contributed by atoms with van der Waals surface area (Å²) in [6.07, 6.45) is 0. The van der Waals surface area contributed by atoms with Crippen molar-refractivity contribution in [1.82, 2.24) is 0 Å². The molecule has 0 saturated heterocycles. The van der Waals surface area contributed by atoms with Gasteiger partial charge in [0.15, 0.2) is 0 Å². The van der Waals surface area contributed by atoms with Gasteiger partial charge in [0.05, 0.1) is 4.92 Å². The molecule has 0 amide bonds. The highest BCUT2D eigenvalue weighted by Crippen LogP contribution is 2.40.